The molecule has 0 rings (SSSR count). The number of nitrogens with zero attached hydrogens (tertiary/aromatic N) is 1. The number of hydrogen-bond acceptors (Lipinski definition) is 2. The lowest BCUT2D eigenvalue weighted by Crippen LogP contribution is -2.24. The predicted octanol–water partition coefficient (Wildman–Crippen LogP) is 4.86. The van der Waals surface area contributed by atoms with Crippen LogP contribution in [0.4, 0.5) is 0 Å². The Hall–Kier alpha value is -1.58. The molecule has 1 N–H and O–H groups in total. The summed E-state index contributed by atoms with van der Waals surface area (Å²) in [4.78, 5) is 23.0. The molecule has 0 unspecified atom stereocenters. The Balaban J connectivity index is 0. The molecule has 0 aliphatic heterocycles. The standard InChI is InChI=1S/C16H31NO.C5H9NO/c1-4-5-6-7-8-9-10-11-12-13-14-17-16(18)15(2)3;1-4-5(7)6(2)3/h2,4-14H2,1,3H3,(H,17,18);4H,1H2,2-3H3. The molecule has 0 aromatic carbocycles. The van der Waals surface area contributed by atoms with E-state index in [9.17, 15) is 9.59 Å². The molecule has 0 heterocycles. The molecule has 4 heteroatoms. The molecular weight excluding hydrogens is 312 g/mol. The van der Waals surface area contributed by atoms with Crippen LogP contribution in [0, 0.1) is 0 Å². The monoisotopic (exact) mass is 352 g/mol. The number of unbranched alkanes of at least 4 members (excludes halogenated alkanes) is 9. The van der Waals surface area contributed by atoms with Crippen LogP contribution in [0.25, 0.3) is 0 Å². The van der Waals surface area contributed by atoms with E-state index in [0.29, 0.717) is 5.57 Å². The van der Waals surface area contributed by atoms with Gasteiger partial charge in [-0.25, -0.2) is 0 Å². The minimum absolute atomic E-state index is 0.00840. The van der Waals surface area contributed by atoms with Gasteiger partial charge in [0.05, 0.1) is 0 Å². The van der Waals surface area contributed by atoms with Gasteiger partial charge < -0.3 is 10.2 Å². The summed E-state index contributed by atoms with van der Waals surface area (Å²) >= 11 is 0. The fourth-order valence-electron chi connectivity index (χ4n) is 2.15. The van der Waals surface area contributed by atoms with Crippen LogP contribution in [0.2, 0.25) is 0 Å². The van der Waals surface area contributed by atoms with E-state index in [0.717, 1.165) is 13.0 Å². The topological polar surface area (TPSA) is 49.4 Å². The normalized spacial score (nSPS) is 9.60. The molecule has 0 saturated carbocycles. The molecular formula is C21H40N2O2. The molecule has 0 aliphatic carbocycles. The lowest BCUT2D eigenvalue weighted by atomic mass is 10.1. The molecule has 0 aromatic rings. The van der Waals surface area contributed by atoms with Crippen molar-refractivity contribution in [1.82, 2.24) is 10.2 Å². The van der Waals surface area contributed by atoms with Gasteiger partial charge in [0.25, 0.3) is 0 Å². The molecule has 2 amide bonds. The van der Waals surface area contributed by atoms with Crippen LogP contribution in [0.5, 0.6) is 0 Å². The van der Waals surface area contributed by atoms with E-state index in [-0.39, 0.29) is 11.8 Å². The van der Waals surface area contributed by atoms with Crippen molar-refractivity contribution in [2.75, 3.05) is 20.6 Å². The fraction of sp³-hybridized carbons (Fsp3) is 0.714. The first-order valence-corrected chi connectivity index (χ1v) is 9.64. The Kier molecular flexibility index (Phi) is 19.2. The van der Waals surface area contributed by atoms with Gasteiger partial charge in [-0.3, -0.25) is 9.59 Å². The molecule has 0 fully saturated rings. The summed E-state index contributed by atoms with van der Waals surface area (Å²) in [6.07, 6.45) is 14.6. The smallest absolute Gasteiger partial charge is 0.246 e. The lowest BCUT2D eigenvalue weighted by molar-refractivity contribution is -0.123. The number of carbonyl (C=O) groups excluding carboxylic acids is 2. The van der Waals surface area contributed by atoms with Crippen LogP contribution < -0.4 is 5.32 Å². The summed E-state index contributed by atoms with van der Waals surface area (Å²) in [6.45, 7) is 11.7. The maximum absolute atomic E-state index is 11.2. The third kappa shape index (κ3) is 20.4. The average molecular weight is 353 g/mol. The van der Waals surface area contributed by atoms with E-state index in [1.165, 1.54) is 68.8 Å². The van der Waals surface area contributed by atoms with Crippen molar-refractivity contribution in [3.05, 3.63) is 24.8 Å². The van der Waals surface area contributed by atoms with E-state index in [1.807, 2.05) is 0 Å². The molecule has 25 heavy (non-hydrogen) atoms. The van der Waals surface area contributed by atoms with Crippen molar-refractivity contribution < 1.29 is 9.59 Å². The highest BCUT2D eigenvalue weighted by atomic mass is 16.2. The third-order valence-corrected chi connectivity index (χ3v) is 3.82. The SMILES string of the molecule is C=C(C)C(=O)NCCCCCCCCCCCC.C=CC(=O)N(C)C. The molecule has 4 nitrogen and oxygen atoms in total. The molecule has 0 atom stereocenters. The highest BCUT2D eigenvalue weighted by Crippen LogP contribution is 2.10. The van der Waals surface area contributed by atoms with Gasteiger partial charge in [0, 0.05) is 26.2 Å². The maximum atomic E-state index is 11.2. The van der Waals surface area contributed by atoms with Crippen molar-refractivity contribution in [3.8, 4) is 0 Å². The minimum atomic E-state index is -0.0556. The number of rotatable bonds is 13. The predicted molar refractivity (Wildman–Crippen MR) is 109 cm³/mol. The Labute approximate surface area is 155 Å². The van der Waals surface area contributed by atoms with Crippen LogP contribution >= 0.6 is 0 Å². The van der Waals surface area contributed by atoms with Crippen molar-refractivity contribution in [1.29, 1.82) is 0 Å². The number of amides is 2. The van der Waals surface area contributed by atoms with Crippen LogP contribution in [-0.2, 0) is 9.59 Å². The molecule has 0 aromatic heterocycles. The zero-order chi connectivity index (χ0) is 19.5. The van der Waals surface area contributed by atoms with E-state index in [4.69, 9.17) is 0 Å². The highest BCUT2D eigenvalue weighted by molar-refractivity contribution is 5.92. The van der Waals surface area contributed by atoms with Crippen molar-refractivity contribution in [2.45, 2.75) is 78.1 Å². The average Bonchev–Trinajstić information content (AvgIpc) is 2.59. The van der Waals surface area contributed by atoms with Crippen molar-refractivity contribution in [3.63, 3.8) is 0 Å². The lowest BCUT2D eigenvalue weighted by Gasteiger charge is -2.04. The quantitative estimate of drug-likeness (QED) is 0.380. The minimum Gasteiger partial charge on any atom is -0.352 e. The van der Waals surface area contributed by atoms with Gasteiger partial charge in [0.15, 0.2) is 0 Å². The summed E-state index contributed by atoms with van der Waals surface area (Å²) in [5.41, 5.74) is 0.599. The molecule has 0 aliphatic rings. The maximum Gasteiger partial charge on any atom is 0.246 e. The highest BCUT2D eigenvalue weighted by Gasteiger charge is 1.99. The van der Waals surface area contributed by atoms with Crippen LogP contribution in [-0.4, -0.2) is 37.4 Å². The number of carbonyl (C=O) groups is 2. The van der Waals surface area contributed by atoms with Gasteiger partial charge in [-0.2, -0.15) is 0 Å². The van der Waals surface area contributed by atoms with E-state index in [1.54, 1.807) is 21.0 Å². The molecule has 0 spiro atoms. The summed E-state index contributed by atoms with van der Waals surface area (Å²) < 4.78 is 0. The Morgan fingerprint density at radius 2 is 1.36 bits per heavy atom. The van der Waals surface area contributed by atoms with E-state index >= 15 is 0 Å². The first-order valence-electron chi connectivity index (χ1n) is 9.64. The van der Waals surface area contributed by atoms with Crippen molar-refractivity contribution in [2.24, 2.45) is 0 Å². The Bertz CT molecular complexity index is 376. The van der Waals surface area contributed by atoms with Gasteiger partial charge in [0.2, 0.25) is 11.8 Å². The van der Waals surface area contributed by atoms with E-state index < -0.39 is 0 Å². The summed E-state index contributed by atoms with van der Waals surface area (Å²) in [5, 5.41) is 2.87. The Morgan fingerprint density at radius 1 is 0.920 bits per heavy atom. The van der Waals surface area contributed by atoms with E-state index in [2.05, 4.69) is 25.4 Å². The largest absolute Gasteiger partial charge is 0.352 e. The zero-order valence-corrected chi connectivity index (χ0v) is 17.0. The second-order valence-corrected chi connectivity index (χ2v) is 6.66. The van der Waals surface area contributed by atoms with Crippen LogP contribution in [0.1, 0.15) is 78.1 Å². The third-order valence-electron chi connectivity index (χ3n) is 3.82. The van der Waals surface area contributed by atoms with Crippen molar-refractivity contribution >= 4 is 11.8 Å². The van der Waals surface area contributed by atoms with Gasteiger partial charge in [0.1, 0.15) is 0 Å². The second kappa shape index (κ2) is 18.8. The van der Waals surface area contributed by atoms with Gasteiger partial charge in [-0.05, 0) is 19.4 Å². The molecule has 146 valence electrons. The fourth-order valence-corrected chi connectivity index (χ4v) is 2.15. The molecule has 0 bridgehead atoms. The molecule has 0 saturated heterocycles. The Morgan fingerprint density at radius 3 is 1.68 bits per heavy atom. The van der Waals surface area contributed by atoms with Crippen LogP contribution in [0.3, 0.4) is 0 Å². The summed E-state index contributed by atoms with van der Waals surface area (Å²) in [6, 6.07) is 0. The number of likely N-dealkylation sites (N-methyl/N-ethyl adjacent to an activating group) is 1. The zero-order valence-electron chi connectivity index (χ0n) is 17.0. The summed E-state index contributed by atoms with van der Waals surface area (Å²) in [5.74, 6) is -0.0640. The molecule has 0 radical (unpaired) electrons. The number of nitrogens with one attached hydrogen (secondary N) is 1. The number of hydrogen-bond donors (Lipinski definition) is 1. The van der Waals surface area contributed by atoms with Gasteiger partial charge >= 0.3 is 0 Å². The first-order chi connectivity index (χ1) is 11.9. The van der Waals surface area contributed by atoms with Gasteiger partial charge in [-0.1, -0.05) is 77.9 Å². The van der Waals surface area contributed by atoms with Gasteiger partial charge in [-0.15, -0.1) is 0 Å². The summed E-state index contributed by atoms with van der Waals surface area (Å²) in [7, 11) is 3.37. The van der Waals surface area contributed by atoms with Crippen LogP contribution in [0.15, 0.2) is 24.8 Å². The second-order valence-electron chi connectivity index (χ2n) is 6.66. The first kappa shape index (κ1) is 25.7.